The largest absolute Gasteiger partial charge is 0.490 e. The molecule has 0 saturated carbocycles. The summed E-state index contributed by atoms with van der Waals surface area (Å²) in [6.45, 7) is 4.82. The fourth-order valence-corrected chi connectivity index (χ4v) is 1.53. The van der Waals surface area contributed by atoms with E-state index < -0.39 is 5.97 Å². The average Bonchev–Trinajstić information content (AvgIpc) is 2.33. The van der Waals surface area contributed by atoms with Gasteiger partial charge in [-0.25, -0.2) is 4.79 Å². The fourth-order valence-electron chi connectivity index (χ4n) is 1.38. The number of carboxylic acids is 1. The van der Waals surface area contributed by atoms with Crippen molar-refractivity contribution >= 4 is 24.7 Å². The Kier molecular flexibility index (Phi) is 5.58. The maximum atomic E-state index is 10.7. The molecular weight excluding hydrogens is 252 g/mol. The van der Waals surface area contributed by atoms with Gasteiger partial charge in [0.2, 0.25) is 0 Å². The molecule has 0 unspecified atom stereocenters. The summed E-state index contributed by atoms with van der Waals surface area (Å²) < 4.78 is 10.9. The van der Waals surface area contributed by atoms with Gasteiger partial charge < -0.3 is 14.6 Å². The summed E-state index contributed by atoms with van der Waals surface area (Å²) >= 11 is 3.88. The number of thiol groups is 1. The number of ether oxygens (including phenoxy) is 2. The normalized spacial score (nSPS) is 11.2. The third-order valence-corrected chi connectivity index (χ3v) is 2.41. The van der Waals surface area contributed by atoms with E-state index in [4.69, 9.17) is 14.6 Å². The lowest BCUT2D eigenvalue weighted by Gasteiger charge is -2.11. The molecule has 0 atom stereocenters. The van der Waals surface area contributed by atoms with Crippen molar-refractivity contribution < 1.29 is 19.4 Å². The molecule has 1 aromatic carbocycles. The summed E-state index contributed by atoms with van der Waals surface area (Å²) in [6.07, 6.45) is 1.46. The molecule has 0 amide bonds. The van der Waals surface area contributed by atoms with E-state index in [1.165, 1.54) is 6.08 Å². The van der Waals surface area contributed by atoms with Crippen LogP contribution in [-0.2, 0) is 4.79 Å². The third-order valence-electron chi connectivity index (χ3n) is 2.09. The van der Waals surface area contributed by atoms with Crippen molar-refractivity contribution in [1.82, 2.24) is 0 Å². The van der Waals surface area contributed by atoms with E-state index in [1.807, 2.05) is 13.8 Å². The Labute approximate surface area is 112 Å². The Bertz CT molecular complexity index is 454. The van der Waals surface area contributed by atoms with Crippen molar-refractivity contribution in [1.29, 1.82) is 0 Å². The summed E-state index contributed by atoms with van der Waals surface area (Å²) in [5.41, 5.74) is 0.703. The Morgan fingerprint density at radius 1 is 1.28 bits per heavy atom. The van der Waals surface area contributed by atoms with Crippen LogP contribution in [0.3, 0.4) is 0 Å². The van der Waals surface area contributed by atoms with Gasteiger partial charge in [-0.3, -0.25) is 0 Å². The maximum Gasteiger partial charge on any atom is 0.341 e. The Morgan fingerprint density at radius 2 is 1.89 bits per heavy atom. The highest BCUT2D eigenvalue weighted by Gasteiger charge is 2.07. The lowest BCUT2D eigenvalue weighted by Crippen LogP contribution is -1.99. The number of benzene rings is 1. The second kappa shape index (κ2) is 6.96. The smallest absolute Gasteiger partial charge is 0.341 e. The van der Waals surface area contributed by atoms with Gasteiger partial charge in [0.05, 0.1) is 18.1 Å². The van der Waals surface area contributed by atoms with Crippen LogP contribution >= 0.6 is 12.6 Å². The van der Waals surface area contributed by atoms with E-state index in [0.717, 1.165) is 0 Å². The van der Waals surface area contributed by atoms with Crippen LogP contribution < -0.4 is 9.47 Å². The minimum absolute atomic E-state index is 0.0263. The third kappa shape index (κ3) is 4.00. The van der Waals surface area contributed by atoms with Gasteiger partial charge in [-0.15, -0.1) is 12.6 Å². The SMILES string of the molecule is CCOc1ccc(C=C(S)C(=O)O)cc1OCC. The molecule has 0 heterocycles. The van der Waals surface area contributed by atoms with Gasteiger partial charge in [0, 0.05) is 0 Å². The molecule has 0 saturated heterocycles. The average molecular weight is 268 g/mol. The first-order valence-electron chi connectivity index (χ1n) is 5.62. The van der Waals surface area contributed by atoms with Crippen molar-refractivity contribution in [2.45, 2.75) is 13.8 Å². The highest BCUT2D eigenvalue weighted by molar-refractivity contribution is 7.85. The molecule has 98 valence electrons. The van der Waals surface area contributed by atoms with E-state index >= 15 is 0 Å². The summed E-state index contributed by atoms with van der Waals surface area (Å²) in [7, 11) is 0. The molecule has 0 aliphatic heterocycles. The van der Waals surface area contributed by atoms with E-state index in [1.54, 1.807) is 18.2 Å². The topological polar surface area (TPSA) is 55.8 Å². The lowest BCUT2D eigenvalue weighted by atomic mass is 10.2. The molecule has 1 rings (SSSR count). The van der Waals surface area contributed by atoms with E-state index in [-0.39, 0.29) is 4.91 Å². The van der Waals surface area contributed by atoms with Crippen LogP contribution in [0.1, 0.15) is 19.4 Å². The minimum atomic E-state index is -1.06. The number of hydrogen-bond acceptors (Lipinski definition) is 4. The van der Waals surface area contributed by atoms with Gasteiger partial charge in [0.25, 0.3) is 0 Å². The molecule has 4 nitrogen and oxygen atoms in total. The monoisotopic (exact) mass is 268 g/mol. The number of hydrogen-bond donors (Lipinski definition) is 2. The summed E-state index contributed by atoms with van der Waals surface area (Å²) in [4.78, 5) is 10.7. The second-order valence-corrected chi connectivity index (χ2v) is 3.89. The van der Waals surface area contributed by atoms with Gasteiger partial charge in [-0.2, -0.15) is 0 Å². The van der Waals surface area contributed by atoms with Crippen LogP contribution in [0.15, 0.2) is 23.1 Å². The van der Waals surface area contributed by atoms with Crippen molar-refractivity contribution in [2.75, 3.05) is 13.2 Å². The highest BCUT2D eigenvalue weighted by Crippen LogP contribution is 2.29. The first-order chi connectivity index (χ1) is 8.58. The number of carboxylic acid groups (broad SMARTS) is 1. The molecule has 18 heavy (non-hydrogen) atoms. The van der Waals surface area contributed by atoms with Crippen LogP contribution in [0.25, 0.3) is 6.08 Å². The quantitative estimate of drug-likeness (QED) is 0.615. The van der Waals surface area contributed by atoms with Gasteiger partial charge in [0.1, 0.15) is 0 Å². The first-order valence-corrected chi connectivity index (χ1v) is 6.06. The lowest BCUT2D eigenvalue weighted by molar-refractivity contribution is -0.131. The Balaban J connectivity index is 3.06. The van der Waals surface area contributed by atoms with Crippen molar-refractivity contribution in [3.63, 3.8) is 0 Å². The Morgan fingerprint density at radius 3 is 2.44 bits per heavy atom. The van der Waals surface area contributed by atoms with Crippen molar-refractivity contribution in [3.05, 3.63) is 28.7 Å². The van der Waals surface area contributed by atoms with Crippen LogP contribution in [0.2, 0.25) is 0 Å². The molecule has 0 fully saturated rings. The van der Waals surface area contributed by atoms with E-state index in [9.17, 15) is 4.79 Å². The Hall–Kier alpha value is -1.62. The standard InChI is InChI=1S/C13H16O4S/c1-3-16-10-6-5-9(7-11(10)17-4-2)8-12(18)13(14)15/h5-8,18H,3-4H2,1-2H3,(H,14,15). The number of aliphatic carboxylic acids is 1. The zero-order valence-electron chi connectivity index (χ0n) is 10.3. The summed E-state index contributed by atoms with van der Waals surface area (Å²) in [5, 5.41) is 8.75. The molecule has 5 heteroatoms. The highest BCUT2D eigenvalue weighted by atomic mass is 32.1. The summed E-state index contributed by atoms with van der Waals surface area (Å²) in [5.74, 6) is 0.178. The van der Waals surface area contributed by atoms with Crippen molar-refractivity contribution in [2.24, 2.45) is 0 Å². The molecule has 0 aliphatic rings. The number of rotatable bonds is 6. The van der Waals surface area contributed by atoms with Crippen LogP contribution in [0.5, 0.6) is 11.5 Å². The van der Waals surface area contributed by atoms with E-state index in [0.29, 0.717) is 30.3 Å². The molecule has 0 aromatic heterocycles. The van der Waals surface area contributed by atoms with Crippen LogP contribution in [0.4, 0.5) is 0 Å². The molecule has 1 aromatic rings. The second-order valence-electron chi connectivity index (χ2n) is 3.41. The zero-order valence-corrected chi connectivity index (χ0v) is 11.2. The van der Waals surface area contributed by atoms with Crippen LogP contribution in [0, 0.1) is 0 Å². The predicted molar refractivity (Wildman–Crippen MR) is 73.4 cm³/mol. The van der Waals surface area contributed by atoms with Gasteiger partial charge in [0.15, 0.2) is 11.5 Å². The predicted octanol–water partition coefficient (Wildman–Crippen LogP) is 2.84. The first kappa shape index (κ1) is 14.4. The molecule has 0 aliphatic carbocycles. The van der Waals surface area contributed by atoms with Gasteiger partial charge in [-0.05, 0) is 37.6 Å². The zero-order chi connectivity index (χ0) is 13.5. The molecule has 1 N–H and O–H groups in total. The van der Waals surface area contributed by atoms with Crippen molar-refractivity contribution in [3.8, 4) is 11.5 Å². The minimum Gasteiger partial charge on any atom is -0.490 e. The molecule has 0 bridgehead atoms. The van der Waals surface area contributed by atoms with Crippen LogP contribution in [-0.4, -0.2) is 24.3 Å². The summed E-state index contributed by atoms with van der Waals surface area (Å²) in [6, 6.07) is 5.24. The number of carbonyl (C=O) groups is 1. The van der Waals surface area contributed by atoms with Gasteiger partial charge >= 0.3 is 5.97 Å². The van der Waals surface area contributed by atoms with Gasteiger partial charge in [-0.1, -0.05) is 6.07 Å². The molecule has 0 radical (unpaired) electrons. The van der Waals surface area contributed by atoms with E-state index in [2.05, 4.69) is 12.6 Å². The molecule has 0 spiro atoms. The maximum absolute atomic E-state index is 10.7. The molecular formula is C13H16O4S. The fraction of sp³-hybridized carbons (Fsp3) is 0.308.